The number of carbonyl (C=O) groups excluding carboxylic acids is 3. The lowest BCUT2D eigenvalue weighted by molar-refractivity contribution is -0.361. The lowest BCUT2D eigenvalue weighted by atomic mass is 9.81. The van der Waals surface area contributed by atoms with Crippen molar-refractivity contribution in [2.45, 2.75) is 251 Å². The van der Waals surface area contributed by atoms with E-state index in [1.165, 1.54) is 13.2 Å². The van der Waals surface area contributed by atoms with Gasteiger partial charge in [0.05, 0.1) is 51.3 Å². The van der Waals surface area contributed by atoms with Crippen molar-refractivity contribution < 1.29 is 66.2 Å². The van der Waals surface area contributed by atoms with E-state index in [9.17, 15) is 19.5 Å². The van der Waals surface area contributed by atoms with Crippen LogP contribution in [0.1, 0.15) is 154 Å². The van der Waals surface area contributed by atoms with Gasteiger partial charge in [0.1, 0.15) is 18.0 Å². The van der Waals surface area contributed by atoms with Gasteiger partial charge in [-0.2, -0.15) is 0 Å². The molecule has 1 saturated heterocycles. The van der Waals surface area contributed by atoms with Crippen molar-refractivity contribution in [1.29, 1.82) is 0 Å². The number of ether oxygens (including phenoxy) is 8. The summed E-state index contributed by atoms with van der Waals surface area (Å²) in [6, 6.07) is -0.688. The van der Waals surface area contributed by atoms with E-state index in [0.717, 1.165) is 36.8 Å². The maximum Gasteiger partial charge on any atom is 0.340 e. The highest BCUT2D eigenvalue weighted by molar-refractivity contribution is 6.74. The molecule has 0 amide bonds. The zero-order valence-corrected chi connectivity index (χ0v) is 53.7. The molecular weight excluding hydrogens is 1010 g/mol. The first-order valence-electron chi connectivity index (χ1n) is 28.6. The Morgan fingerprint density at radius 1 is 0.896 bits per heavy atom. The Morgan fingerprint density at radius 3 is 2.08 bits per heavy atom. The van der Waals surface area contributed by atoms with E-state index in [0.29, 0.717) is 44.4 Å². The molecule has 0 aromatic carbocycles. The predicted octanol–water partition coefficient (Wildman–Crippen LogP) is 11.9. The molecule has 444 valence electrons. The molecule has 1 saturated carbocycles. The fourth-order valence-electron chi connectivity index (χ4n) is 10.9. The Kier molecular flexibility index (Phi) is 26.7. The van der Waals surface area contributed by atoms with Gasteiger partial charge in [0.15, 0.2) is 28.6 Å². The molecule has 0 aromatic heterocycles. The Bertz CT molecular complexity index is 1990. The van der Waals surface area contributed by atoms with Crippen LogP contribution in [0.15, 0.2) is 40.9 Å². The summed E-state index contributed by atoms with van der Waals surface area (Å²) in [7, 11) is 3.23. The fraction of sp³-hybridized carbons (Fsp3) is 0.833. The maximum atomic E-state index is 14.9. The van der Waals surface area contributed by atoms with E-state index in [1.54, 1.807) is 28.4 Å². The fourth-order valence-corrected chi connectivity index (χ4v) is 13.7. The Labute approximate surface area is 468 Å². The number of rotatable bonds is 28. The quantitative estimate of drug-likeness (QED) is 0.0445. The highest BCUT2D eigenvalue weighted by atomic mass is 28.4. The van der Waals surface area contributed by atoms with Crippen LogP contribution in [0.5, 0.6) is 0 Å². The molecule has 3 aliphatic rings. The standard InChI is InChI=1S/C60H107NO14Si2/c1-23-30-71-60(55(63)57(65)70-18)41(6)35-51(68-16)54(73-60)50(67-15)33-39(4)31-38(3)32-44(24-2)46(62)37-48(75-77(21,22)59(11,12)13)42(7)53(72-56(64)45-26-25-27-52(61-45)69-17)40(5)34-43-28-29-47(49(36-43)66-14)74-76(19,20)58(8,9)10/h23,32,34,39,41-45,47-51,53-55,63H,1,24-31,33,35-37H2,2-22H3/b38-32+,40-34+/t39-,41+,42-,43-,44+,45-,47+,48-,49+,50-,51-,53+,54+,55?,60?/m0/s1. The van der Waals surface area contributed by atoms with Crippen LogP contribution >= 0.6 is 0 Å². The third-order valence-corrected chi connectivity index (χ3v) is 26.7. The zero-order valence-electron chi connectivity index (χ0n) is 51.7. The van der Waals surface area contributed by atoms with Gasteiger partial charge in [0.25, 0.3) is 0 Å². The topological polar surface area (TPSA) is 176 Å². The number of esters is 2. The number of hydrogen-bond acceptors (Lipinski definition) is 15. The van der Waals surface area contributed by atoms with Crippen molar-refractivity contribution >= 4 is 40.3 Å². The summed E-state index contributed by atoms with van der Waals surface area (Å²) < 4.78 is 62.3. The molecule has 3 rings (SSSR count). The van der Waals surface area contributed by atoms with E-state index >= 15 is 0 Å². The van der Waals surface area contributed by atoms with E-state index in [1.807, 2.05) is 13.8 Å². The number of aliphatic imine (C=N–C) groups is 1. The molecule has 1 N–H and O–H groups in total. The van der Waals surface area contributed by atoms with Crippen molar-refractivity contribution in [3.05, 3.63) is 36.0 Å². The van der Waals surface area contributed by atoms with Gasteiger partial charge in [0.2, 0.25) is 11.9 Å². The number of hydrogen-bond donors (Lipinski definition) is 1. The molecule has 77 heavy (non-hydrogen) atoms. The van der Waals surface area contributed by atoms with Gasteiger partial charge in [-0.25, -0.2) is 14.6 Å². The Hall–Kier alpha value is -2.59. The third kappa shape index (κ3) is 18.5. The largest absolute Gasteiger partial charge is 0.484 e. The SMILES string of the molecule is C=CCOC1(C(O)C(=O)OC)O[C@H]([C@H](C[C@@H](C)C/C(C)=C/[C@@H](CC)C(=O)C[C@H](O[Si](C)(C)C(C)(C)C)[C@H](C)[C@H](OC(=O)[C@@H]2CCCC(OC)=N2)/C(C)=C/[C@@H]2CC[C@@H](O[Si](C)(C)C(C)(C)C)[C@H](OC)C2)OC)[C@@H](OC)C[C@H]1C. The number of Topliss-reactive ketones (excluding diaryl/α,β-unsaturated/α-hetero) is 1. The number of ketones is 1. The molecule has 0 spiro atoms. The molecule has 2 aliphatic heterocycles. The monoisotopic (exact) mass is 1120 g/mol. The molecule has 0 aromatic rings. The van der Waals surface area contributed by atoms with Crippen LogP contribution in [0.25, 0.3) is 0 Å². The Morgan fingerprint density at radius 2 is 1.53 bits per heavy atom. The molecular formula is C60H107NO14Si2. The first-order valence-corrected chi connectivity index (χ1v) is 34.4. The van der Waals surface area contributed by atoms with Crippen LogP contribution in [0, 0.1) is 29.6 Å². The van der Waals surface area contributed by atoms with Crippen molar-refractivity contribution in [2.24, 2.45) is 34.6 Å². The maximum absolute atomic E-state index is 14.9. The smallest absolute Gasteiger partial charge is 0.340 e. The van der Waals surface area contributed by atoms with E-state index in [2.05, 4.69) is 119 Å². The number of nitrogens with zero attached hydrogens (tertiary/aromatic N) is 1. The molecule has 2 fully saturated rings. The van der Waals surface area contributed by atoms with Crippen molar-refractivity contribution in [1.82, 2.24) is 0 Å². The lowest BCUT2D eigenvalue weighted by Crippen LogP contribution is -2.65. The lowest BCUT2D eigenvalue weighted by Gasteiger charge is -2.50. The van der Waals surface area contributed by atoms with Crippen LogP contribution in [-0.4, -0.2) is 148 Å². The van der Waals surface area contributed by atoms with Crippen LogP contribution in [0.3, 0.4) is 0 Å². The summed E-state index contributed by atoms with van der Waals surface area (Å²) in [4.78, 5) is 46.7. The second-order valence-corrected chi connectivity index (χ2v) is 35.2. The van der Waals surface area contributed by atoms with Gasteiger partial charge in [-0.15, -0.1) is 6.58 Å². The van der Waals surface area contributed by atoms with E-state index in [4.69, 9.17) is 46.7 Å². The van der Waals surface area contributed by atoms with Crippen molar-refractivity contribution in [3.63, 3.8) is 0 Å². The van der Waals surface area contributed by atoms with Crippen LogP contribution in [0.4, 0.5) is 0 Å². The summed E-state index contributed by atoms with van der Waals surface area (Å²) in [5.74, 6) is -3.41. The molecule has 1 aliphatic carbocycles. The minimum atomic E-state index is -2.51. The molecule has 0 bridgehead atoms. The summed E-state index contributed by atoms with van der Waals surface area (Å²) in [6.45, 7) is 38.4. The van der Waals surface area contributed by atoms with Crippen molar-refractivity contribution in [3.8, 4) is 0 Å². The summed E-state index contributed by atoms with van der Waals surface area (Å²) in [5, 5.41) is 11.2. The number of methoxy groups -OCH3 is 5. The first kappa shape index (κ1) is 68.7. The van der Waals surface area contributed by atoms with Crippen LogP contribution in [-0.2, 0) is 61.1 Å². The second kappa shape index (κ2) is 29.9. The first-order chi connectivity index (χ1) is 35.8. The minimum Gasteiger partial charge on any atom is -0.484 e. The summed E-state index contributed by atoms with van der Waals surface area (Å²) >= 11 is 0. The second-order valence-electron chi connectivity index (χ2n) is 25.7. The van der Waals surface area contributed by atoms with E-state index in [-0.39, 0.29) is 52.9 Å². The van der Waals surface area contributed by atoms with Crippen LogP contribution < -0.4 is 0 Å². The van der Waals surface area contributed by atoms with Gasteiger partial charge >= 0.3 is 11.9 Å². The van der Waals surface area contributed by atoms with Gasteiger partial charge in [-0.1, -0.05) is 93.0 Å². The molecule has 2 heterocycles. The average molecular weight is 1120 g/mol. The minimum absolute atomic E-state index is 0.00433. The Balaban J connectivity index is 1.99. The summed E-state index contributed by atoms with van der Waals surface area (Å²) in [6.07, 6.45) is 8.11. The normalized spacial score (nSPS) is 28.0. The molecule has 15 atom stereocenters. The van der Waals surface area contributed by atoms with Crippen LogP contribution in [0.2, 0.25) is 36.3 Å². The van der Waals surface area contributed by atoms with Gasteiger partial charge in [-0.3, -0.25) is 4.79 Å². The molecule has 2 unspecified atom stereocenters. The number of aliphatic hydroxyl groups is 1. The number of carbonyl (C=O) groups is 3. The third-order valence-electron chi connectivity index (χ3n) is 17.7. The number of aliphatic hydroxyl groups excluding tert-OH is 1. The van der Waals surface area contributed by atoms with E-state index < -0.39 is 94.8 Å². The van der Waals surface area contributed by atoms with Gasteiger partial charge < -0.3 is 51.9 Å². The molecule has 15 nitrogen and oxygen atoms in total. The summed E-state index contributed by atoms with van der Waals surface area (Å²) in [5.41, 5.74) is 1.98. The van der Waals surface area contributed by atoms with Crippen molar-refractivity contribution in [2.75, 3.05) is 42.2 Å². The highest BCUT2D eigenvalue weighted by Gasteiger charge is 2.57. The molecule has 17 heteroatoms. The van der Waals surface area contributed by atoms with Gasteiger partial charge in [0, 0.05) is 51.9 Å². The zero-order chi connectivity index (χ0) is 58.4. The molecule has 0 radical (unpaired) electrons. The average Bonchev–Trinajstić information content (AvgIpc) is 3.36. The number of allylic oxidation sites excluding steroid dienone is 3. The predicted molar refractivity (Wildman–Crippen MR) is 310 cm³/mol. The highest BCUT2D eigenvalue weighted by Crippen LogP contribution is 2.44. The van der Waals surface area contributed by atoms with Gasteiger partial charge in [-0.05, 0) is 125 Å².